The van der Waals surface area contributed by atoms with Crippen LogP contribution in [0.5, 0.6) is 0 Å². The molecule has 1 saturated heterocycles. The van der Waals surface area contributed by atoms with Crippen molar-refractivity contribution in [2.75, 3.05) is 19.8 Å². The van der Waals surface area contributed by atoms with Crippen LogP contribution in [0.25, 0.3) is 0 Å². The van der Waals surface area contributed by atoms with Gasteiger partial charge in [-0.3, -0.25) is 0 Å². The number of aryl methyl sites for hydroxylation is 1. The molecule has 0 bridgehead atoms. The molecule has 0 unspecified atom stereocenters. The summed E-state index contributed by atoms with van der Waals surface area (Å²) >= 11 is 0. The number of hydrogen-bond donors (Lipinski definition) is 0. The molecule has 1 fully saturated rings. The van der Waals surface area contributed by atoms with Crippen molar-refractivity contribution in [2.45, 2.75) is 31.2 Å². The lowest BCUT2D eigenvalue weighted by atomic mass is 10.1. The molecule has 2 rings (SSSR count). The zero-order valence-electron chi connectivity index (χ0n) is 11.9. The number of sulfonamides is 1. The lowest BCUT2D eigenvalue weighted by Gasteiger charge is -2.40. The summed E-state index contributed by atoms with van der Waals surface area (Å²) in [5, 5.41) is 8.92. The highest BCUT2D eigenvalue weighted by Gasteiger charge is 2.39. The third-order valence-electron chi connectivity index (χ3n) is 3.48. The van der Waals surface area contributed by atoms with Gasteiger partial charge in [0.1, 0.15) is 0 Å². The first kappa shape index (κ1) is 15.0. The third kappa shape index (κ3) is 2.57. The van der Waals surface area contributed by atoms with Crippen molar-refractivity contribution in [3.05, 3.63) is 29.3 Å². The average Bonchev–Trinajstić information content (AvgIpc) is 2.37. The summed E-state index contributed by atoms with van der Waals surface area (Å²) in [4.78, 5) is 0.226. The summed E-state index contributed by atoms with van der Waals surface area (Å²) in [6.45, 7) is 6.55. The van der Waals surface area contributed by atoms with E-state index in [9.17, 15) is 8.42 Å². The SMILES string of the molecule is Cc1cc(S(=O)(=O)N2CCOCC2(C)C)ccc1C#N. The predicted molar refractivity (Wildman–Crippen MR) is 74.7 cm³/mol. The lowest BCUT2D eigenvalue weighted by molar-refractivity contribution is -0.00770. The van der Waals surface area contributed by atoms with Gasteiger partial charge in [0.05, 0.1) is 35.3 Å². The minimum absolute atomic E-state index is 0.226. The Morgan fingerprint density at radius 1 is 1.40 bits per heavy atom. The van der Waals surface area contributed by atoms with Crippen LogP contribution in [0, 0.1) is 18.3 Å². The van der Waals surface area contributed by atoms with Gasteiger partial charge in [-0.15, -0.1) is 0 Å². The van der Waals surface area contributed by atoms with Gasteiger partial charge in [-0.2, -0.15) is 9.57 Å². The molecule has 0 radical (unpaired) electrons. The van der Waals surface area contributed by atoms with E-state index in [2.05, 4.69) is 0 Å². The maximum atomic E-state index is 12.7. The summed E-state index contributed by atoms with van der Waals surface area (Å²) in [6.07, 6.45) is 0. The monoisotopic (exact) mass is 294 g/mol. The van der Waals surface area contributed by atoms with Gasteiger partial charge in [-0.1, -0.05) is 0 Å². The zero-order valence-corrected chi connectivity index (χ0v) is 12.7. The van der Waals surface area contributed by atoms with Gasteiger partial charge in [-0.05, 0) is 44.5 Å². The fourth-order valence-electron chi connectivity index (χ4n) is 2.34. The Balaban J connectivity index is 2.45. The molecule has 1 aliphatic heterocycles. The van der Waals surface area contributed by atoms with E-state index >= 15 is 0 Å². The highest BCUT2D eigenvalue weighted by Crippen LogP contribution is 2.28. The lowest BCUT2D eigenvalue weighted by Crippen LogP contribution is -2.55. The first-order chi connectivity index (χ1) is 9.29. The topological polar surface area (TPSA) is 70.4 Å². The van der Waals surface area contributed by atoms with Crippen LogP contribution in [0.1, 0.15) is 25.0 Å². The number of ether oxygens (including phenoxy) is 1. The van der Waals surface area contributed by atoms with Crippen molar-refractivity contribution in [3.8, 4) is 6.07 Å². The molecule has 1 aliphatic rings. The first-order valence-corrected chi connectivity index (χ1v) is 7.84. The molecule has 0 amide bonds. The maximum Gasteiger partial charge on any atom is 0.243 e. The number of rotatable bonds is 2. The highest BCUT2D eigenvalue weighted by atomic mass is 32.2. The van der Waals surface area contributed by atoms with E-state index in [1.54, 1.807) is 19.1 Å². The second-order valence-electron chi connectivity index (χ2n) is 5.53. The van der Waals surface area contributed by atoms with Crippen molar-refractivity contribution in [1.82, 2.24) is 4.31 Å². The molecule has 6 heteroatoms. The van der Waals surface area contributed by atoms with Crippen molar-refractivity contribution in [3.63, 3.8) is 0 Å². The molecule has 1 heterocycles. The Morgan fingerprint density at radius 3 is 2.65 bits per heavy atom. The number of morpholine rings is 1. The Labute approximate surface area is 119 Å². The minimum atomic E-state index is -3.57. The normalized spacial score (nSPS) is 19.5. The van der Waals surface area contributed by atoms with Crippen LogP contribution in [-0.2, 0) is 14.8 Å². The van der Waals surface area contributed by atoms with Crippen molar-refractivity contribution >= 4 is 10.0 Å². The maximum absolute atomic E-state index is 12.7. The van der Waals surface area contributed by atoms with Crippen LogP contribution in [0.15, 0.2) is 23.1 Å². The Morgan fingerprint density at radius 2 is 2.10 bits per heavy atom. The van der Waals surface area contributed by atoms with E-state index in [1.807, 2.05) is 19.9 Å². The van der Waals surface area contributed by atoms with Crippen LogP contribution >= 0.6 is 0 Å². The third-order valence-corrected chi connectivity index (χ3v) is 5.58. The van der Waals surface area contributed by atoms with Gasteiger partial charge in [0.25, 0.3) is 0 Å². The van der Waals surface area contributed by atoms with Crippen LogP contribution in [0.2, 0.25) is 0 Å². The Hall–Kier alpha value is -1.42. The molecule has 20 heavy (non-hydrogen) atoms. The standard InChI is InChI=1S/C14H18N2O3S/c1-11-8-13(5-4-12(11)9-15)20(17,18)16-6-7-19-10-14(16,2)3/h4-5,8H,6-7,10H2,1-3H3. The molecule has 0 aromatic heterocycles. The van der Waals surface area contributed by atoms with Crippen molar-refractivity contribution in [1.29, 1.82) is 5.26 Å². The van der Waals surface area contributed by atoms with Crippen molar-refractivity contribution in [2.24, 2.45) is 0 Å². The van der Waals surface area contributed by atoms with E-state index in [-0.39, 0.29) is 4.90 Å². The molecule has 108 valence electrons. The molecular formula is C14H18N2O3S. The van der Waals surface area contributed by atoms with Crippen LogP contribution in [0.4, 0.5) is 0 Å². The molecule has 0 spiro atoms. The average molecular weight is 294 g/mol. The zero-order chi connectivity index (χ0) is 15.0. The van der Waals surface area contributed by atoms with Crippen LogP contribution in [-0.4, -0.2) is 38.0 Å². The number of nitrogens with zero attached hydrogens (tertiary/aromatic N) is 2. The van der Waals surface area contributed by atoms with Gasteiger partial charge in [-0.25, -0.2) is 8.42 Å². The Kier molecular flexibility index (Phi) is 3.87. The van der Waals surface area contributed by atoms with E-state index in [0.717, 1.165) is 0 Å². The fraction of sp³-hybridized carbons (Fsp3) is 0.500. The van der Waals surface area contributed by atoms with Gasteiger partial charge in [0.2, 0.25) is 10.0 Å². The van der Waals surface area contributed by atoms with E-state index in [4.69, 9.17) is 10.00 Å². The van der Waals surface area contributed by atoms with E-state index < -0.39 is 15.6 Å². The second kappa shape index (κ2) is 5.17. The van der Waals surface area contributed by atoms with E-state index in [0.29, 0.717) is 30.9 Å². The molecule has 1 aromatic rings. The molecule has 1 aromatic carbocycles. The van der Waals surface area contributed by atoms with Gasteiger partial charge in [0, 0.05) is 6.54 Å². The first-order valence-electron chi connectivity index (χ1n) is 6.40. The highest BCUT2D eigenvalue weighted by molar-refractivity contribution is 7.89. The molecule has 0 saturated carbocycles. The fourth-order valence-corrected chi connectivity index (χ4v) is 4.18. The smallest absolute Gasteiger partial charge is 0.243 e. The van der Waals surface area contributed by atoms with Crippen LogP contribution in [0.3, 0.4) is 0 Å². The van der Waals surface area contributed by atoms with Crippen LogP contribution < -0.4 is 0 Å². The molecule has 0 atom stereocenters. The summed E-state index contributed by atoms with van der Waals surface area (Å²) in [6, 6.07) is 6.64. The predicted octanol–water partition coefficient (Wildman–Crippen LogP) is 1.67. The number of hydrogen-bond acceptors (Lipinski definition) is 4. The quantitative estimate of drug-likeness (QED) is 0.832. The summed E-state index contributed by atoms with van der Waals surface area (Å²) in [5.41, 5.74) is 0.587. The molecule has 0 aliphatic carbocycles. The second-order valence-corrected chi connectivity index (χ2v) is 7.39. The molecule has 0 N–H and O–H groups in total. The largest absolute Gasteiger partial charge is 0.378 e. The van der Waals surface area contributed by atoms with Gasteiger partial charge >= 0.3 is 0 Å². The Bertz CT molecular complexity index is 659. The van der Waals surface area contributed by atoms with Gasteiger partial charge in [0.15, 0.2) is 0 Å². The molecule has 5 nitrogen and oxygen atoms in total. The summed E-state index contributed by atoms with van der Waals surface area (Å²) in [7, 11) is -3.57. The molecular weight excluding hydrogens is 276 g/mol. The minimum Gasteiger partial charge on any atom is -0.378 e. The number of nitriles is 1. The van der Waals surface area contributed by atoms with Gasteiger partial charge < -0.3 is 4.74 Å². The number of benzene rings is 1. The van der Waals surface area contributed by atoms with E-state index in [1.165, 1.54) is 10.4 Å². The summed E-state index contributed by atoms with van der Waals surface area (Å²) < 4.78 is 32.3. The van der Waals surface area contributed by atoms with Crippen molar-refractivity contribution < 1.29 is 13.2 Å². The summed E-state index contributed by atoms with van der Waals surface area (Å²) in [5.74, 6) is 0.